The van der Waals surface area contributed by atoms with Crippen LogP contribution in [0.1, 0.15) is 26.2 Å². The molecule has 0 aromatic rings. The Labute approximate surface area is 131 Å². The minimum atomic E-state index is -3.32. The van der Waals surface area contributed by atoms with Gasteiger partial charge in [-0.05, 0) is 19.3 Å². The van der Waals surface area contributed by atoms with Crippen molar-refractivity contribution >= 4 is 21.7 Å². The minimum absolute atomic E-state index is 0.0150. The number of rotatable bonds is 5. The third-order valence-corrected chi connectivity index (χ3v) is 5.89. The fraction of sp³-hybridized carbons (Fsp3) is 0.857. The molecule has 2 saturated heterocycles. The summed E-state index contributed by atoms with van der Waals surface area (Å²) in [4.78, 5) is 27.6. The zero-order valence-electron chi connectivity index (χ0n) is 13.1. The predicted octanol–water partition coefficient (Wildman–Crippen LogP) is -0.766. The molecule has 22 heavy (non-hydrogen) atoms. The van der Waals surface area contributed by atoms with Crippen molar-refractivity contribution in [2.75, 3.05) is 44.2 Å². The first kappa shape index (κ1) is 17.2. The van der Waals surface area contributed by atoms with Crippen LogP contribution in [0, 0.1) is 0 Å². The molecule has 0 bridgehead atoms. The molecule has 1 N–H and O–H groups in total. The van der Waals surface area contributed by atoms with E-state index in [1.807, 2.05) is 4.90 Å². The maximum Gasteiger partial charge on any atom is 0.237 e. The maximum atomic E-state index is 12.2. The number of nitrogens with zero attached hydrogens (tertiary/aromatic N) is 2. The summed E-state index contributed by atoms with van der Waals surface area (Å²) < 4.78 is 23.6. The van der Waals surface area contributed by atoms with E-state index in [-0.39, 0.29) is 23.6 Å². The van der Waals surface area contributed by atoms with Gasteiger partial charge in [-0.1, -0.05) is 6.92 Å². The van der Waals surface area contributed by atoms with Crippen LogP contribution in [-0.2, 0) is 19.4 Å². The number of piperidine rings is 1. The second kappa shape index (κ2) is 7.41. The summed E-state index contributed by atoms with van der Waals surface area (Å²) in [5.74, 6) is -0.639. The molecule has 1 atom stereocenters. The highest BCUT2D eigenvalue weighted by molar-refractivity contribution is 7.92. The van der Waals surface area contributed by atoms with Gasteiger partial charge in [-0.25, -0.2) is 8.42 Å². The fourth-order valence-electron chi connectivity index (χ4n) is 3.11. The monoisotopic (exact) mass is 331 g/mol. The summed E-state index contributed by atoms with van der Waals surface area (Å²) in [6.07, 6.45) is 2.20. The Morgan fingerprint density at radius 1 is 1.36 bits per heavy atom. The average Bonchev–Trinajstić information content (AvgIpc) is 2.47. The second-order valence-electron chi connectivity index (χ2n) is 5.99. The van der Waals surface area contributed by atoms with E-state index >= 15 is 0 Å². The zero-order valence-corrected chi connectivity index (χ0v) is 13.9. The van der Waals surface area contributed by atoms with E-state index in [2.05, 4.69) is 5.32 Å². The van der Waals surface area contributed by atoms with E-state index in [9.17, 15) is 18.0 Å². The number of sulfone groups is 1. The number of hydrogen-bond donors (Lipinski definition) is 1. The van der Waals surface area contributed by atoms with E-state index in [1.54, 1.807) is 11.8 Å². The molecule has 2 rings (SSSR count). The molecule has 0 spiro atoms. The number of amides is 2. The third kappa shape index (κ3) is 4.42. The zero-order chi connectivity index (χ0) is 16.2. The first-order chi connectivity index (χ1) is 10.4. The van der Waals surface area contributed by atoms with Crippen molar-refractivity contribution < 1.29 is 18.0 Å². The van der Waals surface area contributed by atoms with Crippen molar-refractivity contribution in [2.24, 2.45) is 0 Å². The number of carbonyl (C=O) groups excluding carboxylic acids is 2. The van der Waals surface area contributed by atoms with E-state index in [4.69, 9.17) is 0 Å². The molecule has 8 heteroatoms. The van der Waals surface area contributed by atoms with Gasteiger partial charge in [0.2, 0.25) is 11.8 Å². The number of carbonyl (C=O) groups is 2. The normalized spacial score (nSPS) is 23.7. The smallest absolute Gasteiger partial charge is 0.237 e. The predicted molar refractivity (Wildman–Crippen MR) is 83.1 cm³/mol. The van der Waals surface area contributed by atoms with Crippen LogP contribution in [0.15, 0.2) is 0 Å². The molecule has 2 amide bonds. The Balaban J connectivity index is 1.95. The summed E-state index contributed by atoms with van der Waals surface area (Å²) in [7, 11) is -3.32. The summed E-state index contributed by atoms with van der Waals surface area (Å²) in [6, 6.07) is 0.0150. The molecule has 0 aromatic heterocycles. The van der Waals surface area contributed by atoms with Crippen LogP contribution in [0.3, 0.4) is 0 Å². The Bertz CT molecular complexity index is 520. The first-order valence-electron chi connectivity index (χ1n) is 7.91. The lowest BCUT2D eigenvalue weighted by Crippen LogP contribution is -2.58. The molecule has 7 nitrogen and oxygen atoms in total. The largest absolute Gasteiger partial charge is 0.340 e. The van der Waals surface area contributed by atoms with Gasteiger partial charge >= 0.3 is 0 Å². The summed E-state index contributed by atoms with van der Waals surface area (Å²) in [5.41, 5.74) is 0. The lowest BCUT2D eigenvalue weighted by atomic mass is 10.0. The molecule has 126 valence electrons. The van der Waals surface area contributed by atoms with Gasteiger partial charge in [0.25, 0.3) is 0 Å². The highest BCUT2D eigenvalue weighted by Crippen LogP contribution is 2.17. The van der Waals surface area contributed by atoms with E-state index < -0.39 is 15.6 Å². The fourth-order valence-corrected chi connectivity index (χ4v) is 4.43. The Morgan fingerprint density at radius 2 is 2.14 bits per heavy atom. The van der Waals surface area contributed by atoms with Crippen LogP contribution in [0.25, 0.3) is 0 Å². The number of piperazine rings is 1. The van der Waals surface area contributed by atoms with Gasteiger partial charge in [0, 0.05) is 32.2 Å². The average molecular weight is 331 g/mol. The van der Waals surface area contributed by atoms with Crippen LogP contribution >= 0.6 is 0 Å². The van der Waals surface area contributed by atoms with Crippen LogP contribution in [0.2, 0.25) is 0 Å². The number of hydrogen-bond acceptors (Lipinski definition) is 5. The molecular formula is C14H25N3O4S. The highest BCUT2D eigenvalue weighted by atomic mass is 32.2. The summed E-state index contributed by atoms with van der Waals surface area (Å²) >= 11 is 0. The summed E-state index contributed by atoms with van der Waals surface area (Å²) in [6.45, 7) is 4.58. The standard InChI is InChI=1S/C14H25N3O4S/c1-2-8-22(20,21)11-14(19)16-6-3-4-12(10-16)17-7-5-15-9-13(17)18/h12,15H,2-11H2,1H3. The van der Waals surface area contributed by atoms with Crippen LogP contribution in [0.5, 0.6) is 0 Å². The maximum absolute atomic E-state index is 12.2. The minimum Gasteiger partial charge on any atom is -0.340 e. The van der Waals surface area contributed by atoms with Gasteiger partial charge < -0.3 is 15.1 Å². The van der Waals surface area contributed by atoms with Crippen LogP contribution < -0.4 is 5.32 Å². The van der Waals surface area contributed by atoms with E-state index in [0.29, 0.717) is 32.6 Å². The number of likely N-dealkylation sites (tertiary alicyclic amines) is 1. The van der Waals surface area contributed by atoms with Crippen molar-refractivity contribution in [3.05, 3.63) is 0 Å². The quantitative estimate of drug-likeness (QED) is 0.715. The van der Waals surface area contributed by atoms with Gasteiger partial charge in [0.05, 0.1) is 12.3 Å². The SMILES string of the molecule is CCCS(=O)(=O)CC(=O)N1CCCC(N2CCNCC2=O)C1. The molecular weight excluding hydrogens is 306 g/mol. The Morgan fingerprint density at radius 3 is 2.82 bits per heavy atom. The molecule has 1 unspecified atom stereocenters. The molecule has 0 radical (unpaired) electrons. The second-order valence-corrected chi connectivity index (χ2v) is 8.18. The number of nitrogens with one attached hydrogen (secondary N) is 1. The molecule has 2 aliphatic rings. The third-order valence-electron chi connectivity index (χ3n) is 4.17. The van der Waals surface area contributed by atoms with E-state index in [1.165, 1.54) is 0 Å². The Hall–Kier alpha value is -1.15. The summed E-state index contributed by atoms with van der Waals surface area (Å²) in [5, 5.41) is 3.03. The van der Waals surface area contributed by atoms with Crippen molar-refractivity contribution in [2.45, 2.75) is 32.2 Å². The molecule has 0 aliphatic carbocycles. The lowest BCUT2D eigenvalue weighted by Gasteiger charge is -2.41. The van der Waals surface area contributed by atoms with Crippen molar-refractivity contribution in [3.63, 3.8) is 0 Å². The molecule has 0 aromatic carbocycles. The first-order valence-corrected chi connectivity index (χ1v) is 9.73. The molecule has 0 saturated carbocycles. The molecule has 2 heterocycles. The molecule has 2 aliphatic heterocycles. The van der Waals surface area contributed by atoms with Crippen LogP contribution in [-0.4, -0.2) is 80.3 Å². The Kier molecular flexibility index (Phi) is 5.80. The van der Waals surface area contributed by atoms with Gasteiger partial charge in [-0.2, -0.15) is 0 Å². The van der Waals surface area contributed by atoms with E-state index in [0.717, 1.165) is 19.4 Å². The van der Waals surface area contributed by atoms with Crippen molar-refractivity contribution in [1.29, 1.82) is 0 Å². The van der Waals surface area contributed by atoms with Gasteiger partial charge in [-0.15, -0.1) is 0 Å². The highest BCUT2D eigenvalue weighted by Gasteiger charge is 2.32. The van der Waals surface area contributed by atoms with Gasteiger partial charge in [0.1, 0.15) is 5.75 Å². The van der Waals surface area contributed by atoms with Gasteiger partial charge in [0.15, 0.2) is 9.84 Å². The lowest BCUT2D eigenvalue weighted by molar-refractivity contribution is -0.139. The van der Waals surface area contributed by atoms with Crippen molar-refractivity contribution in [1.82, 2.24) is 15.1 Å². The molecule has 2 fully saturated rings. The topological polar surface area (TPSA) is 86.8 Å². The van der Waals surface area contributed by atoms with Crippen LogP contribution in [0.4, 0.5) is 0 Å². The van der Waals surface area contributed by atoms with Gasteiger partial charge in [-0.3, -0.25) is 9.59 Å². The van der Waals surface area contributed by atoms with Crippen molar-refractivity contribution in [3.8, 4) is 0 Å².